The molecule has 7 heteroatoms. The van der Waals surface area contributed by atoms with E-state index in [-0.39, 0.29) is 11.7 Å². The van der Waals surface area contributed by atoms with Gasteiger partial charge in [-0.1, -0.05) is 0 Å². The molecule has 2 heterocycles. The molecule has 0 saturated heterocycles. The highest BCUT2D eigenvalue weighted by Gasteiger charge is 2.10. The first-order valence-electron chi connectivity index (χ1n) is 5.34. The highest BCUT2D eigenvalue weighted by molar-refractivity contribution is 9.10. The van der Waals surface area contributed by atoms with E-state index >= 15 is 0 Å². The van der Waals surface area contributed by atoms with Gasteiger partial charge in [0.25, 0.3) is 5.91 Å². The van der Waals surface area contributed by atoms with Crippen LogP contribution in [0.4, 0.5) is 5.82 Å². The highest BCUT2D eigenvalue weighted by Crippen LogP contribution is 2.15. The Morgan fingerprint density at radius 1 is 1.50 bits per heavy atom. The van der Waals surface area contributed by atoms with Gasteiger partial charge in [-0.15, -0.1) is 0 Å². The highest BCUT2D eigenvalue weighted by atomic mass is 79.9. The van der Waals surface area contributed by atoms with Crippen LogP contribution in [0.5, 0.6) is 0 Å². The third-order valence-corrected chi connectivity index (χ3v) is 2.77. The van der Waals surface area contributed by atoms with Gasteiger partial charge < -0.3 is 16.0 Å². The number of carbonyl (C=O) groups is 1. The minimum absolute atomic E-state index is 0.216. The fraction of sp³-hybridized carbons (Fsp3) is 0.182. The number of imidazole rings is 1. The maximum absolute atomic E-state index is 11.9. The summed E-state index contributed by atoms with van der Waals surface area (Å²) in [6, 6.07) is 1.64. The Morgan fingerprint density at radius 2 is 2.33 bits per heavy atom. The van der Waals surface area contributed by atoms with Crippen molar-refractivity contribution in [2.45, 2.75) is 6.42 Å². The van der Waals surface area contributed by atoms with Gasteiger partial charge >= 0.3 is 0 Å². The minimum Gasteiger partial charge on any atom is -0.383 e. The van der Waals surface area contributed by atoms with Crippen molar-refractivity contribution >= 4 is 27.7 Å². The van der Waals surface area contributed by atoms with Crippen LogP contribution in [-0.2, 0) is 6.42 Å². The lowest BCUT2D eigenvalue weighted by Gasteiger charge is -2.06. The third kappa shape index (κ3) is 3.07. The number of nitrogens with zero attached hydrogens (tertiary/aromatic N) is 2. The Kier molecular flexibility index (Phi) is 3.93. The van der Waals surface area contributed by atoms with Gasteiger partial charge in [0.05, 0.1) is 5.56 Å². The molecule has 0 aliphatic heterocycles. The molecule has 0 spiro atoms. The Hall–Kier alpha value is -1.89. The molecular weight excluding hydrogens is 298 g/mol. The summed E-state index contributed by atoms with van der Waals surface area (Å²) in [5.41, 5.74) is 6.01. The number of pyridine rings is 1. The third-order valence-electron chi connectivity index (χ3n) is 2.33. The molecule has 6 nitrogen and oxygen atoms in total. The molecule has 0 aliphatic carbocycles. The Morgan fingerprint density at radius 3 is 3.06 bits per heavy atom. The summed E-state index contributed by atoms with van der Waals surface area (Å²) in [5.74, 6) is 0.803. The van der Waals surface area contributed by atoms with Crippen molar-refractivity contribution < 1.29 is 4.79 Å². The second-order valence-corrected chi connectivity index (χ2v) is 4.54. The molecule has 0 atom stereocenters. The van der Waals surface area contributed by atoms with E-state index in [1.165, 1.54) is 0 Å². The van der Waals surface area contributed by atoms with Crippen LogP contribution >= 0.6 is 15.9 Å². The second kappa shape index (κ2) is 5.63. The Labute approximate surface area is 112 Å². The molecule has 0 saturated carbocycles. The molecule has 18 heavy (non-hydrogen) atoms. The van der Waals surface area contributed by atoms with Crippen molar-refractivity contribution in [1.29, 1.82) is 0 Å². The molecule has 4 N–H and O–H groups in total. The first kappa shape index (κ1) is 12.6. The number of halogens is 1. The van der Waals surface area contributed by atoms with Crippen LogP contribution in [-0.4, -0.2) is 27.4 Å². The average molecular weight is 310 g/mol. The van der Waals surface area contributed by atoms with Gasteiger partial charge in [0.15, 0.2) is 0 Å². The minimum atomic E-state index is -0.243. The van der Waals surface area contributed by atoms with Crippen LogP contribution in [0.1, 0.15) is 16.2 Å². The van der Waals surface area contributed by atoms with Gasteiger partial charge in [-0.2, -0.15) is 0 Å². The standard InChI is InChI=1S/C11H12BrN5O/c12-7-5-8(10(13)17-6-7)11(18)16-2-1-9-14-3-4-15-9/h3-6H,1-2H2,(H2,13,17)(H,14,15)(H,16,18). The van der Waals surface area contributed by atoms with Gasteiger partial charge in [-0.05, 0) is 22.0 Å². The molecule has 94 valence electrons. The number of rotatable bonds is 4. The molecule has 2 aromatic heterocycles. The average Bonchev–Trinajstić information content (AvgIpc) is 2.85. The van der Waals surface area contributed by atoms with Gasteiger partial charge in [-0.3, -0.25) is 4.79 Å². The van der Waals surface area contributed by atoms with Crippen LogP contribution in [0.25, 0.3) is 0 Å². The number of anilines is 1. The monoisotopic (exact) mass is 309 g/mol. The fourth-order valence-electron chi connectivity index (χ4n) is 1.46. The first-order chi connectivity index (χ1) is 8.66. The maximum atomic E-state index is 11.9. The normalized spacial score (nSPS) is 10.3. The molecule has 1 amide bonds. The molecule has 0 bridgehead atoms. The SMILES string of the molecule is Nc1ncc(Br)cc1C(=O)NCCc1ncc[nH]1. The van der Waals surface area contributed by atoms with Gasteiger partial charge in [-0.25, -0.2) is 9.97 Å². The zero-order chi connectivity index (χ0) is 13.0. The zero-order valence-electron chi connectivity index (χ0n) is 9.48. The van der Waals surface area contributed by atoms with E-state index < -0.39 is 0 Å². The summed E-state index contributed by atoms with van der Waals surface area (Å²) in [7, 11) is 0. The summed E-state index contributed by atoms with van der Waals surface area (Å²) >= 11 is 3.25. The predicted octanol–water partition coefficient (Wildman–Crippen LogP) is 1.12. The van der Waals surface area contributed by atoms with E-state index in [2.05, 4.69) is 36.2 Å². The molecule has 2 rings (SSSR count). The number of nitrogens with two attached hydrogens (primary N) is 1. The van der Waals surface area contributed by atoms with Crippen molar-refractivity contribution in [1.82, 2.24) is 20.3 Å². The number of aromatic amines is 1. The largest absolute Gasteiger partial charge is 0.383 e. The van der Waals surface area contributed by atoms with Crippen LogP contribution in [0.2, 0.25) is 0 Å². The van der Waals surface area contributed by atoms with Crippen molar-refractivity contribution in [3.8, 4) is 0 Å². The molecular formula is C11H12BrN5O. The Bertz CT molecular complexity index is 540. The van der Waals surface area contributed by atoms with Crippen LogP contribution in [0.3, 0.4) is 0 Å². The van der Waals surface area contributed by atoms with E-state index in [0.29, 0.717) is 23.0 Å². The van der Waals surface area contributed by atoms with Crippen molar-refractivity contribution in [3.63, 3.8) is 0 Å². The van der Waals surface area contributed by atoms with E-state index in [1.807, 2.05) is 0 Å². The molecule has 0 aliphatic rings. The molecule has 0 aromatic carbocycles. The van der Waals surface area contributed by atoms with E-state index in [9.17, 15) is 4.79 Å². The topological polar surface area (TPSA) is 96.7 Å². The number of amides is 1. The summed E-state index contributed by atoms with van der Waals surface area (Å²) in [4.78, 5) is 22.8. The number of nitrogens with one attached hydrogen (secondary N) is 2. The second-order valence-electron chi connectivity index (χ2n) is 3.63. The lowest BCUT2D eigenvalue weighted by atomic mass is 10.2. The number of hydrogen-bond acceptors (Lipinski definition) is 4. The Balaban J connectivity index is 1.93. The van der Waals surface area contributed by atoms with Crippen molar-refractivity contribution in [2.75, 3.05) is 12.3 Å². The van der Waals surface area contributed by atoms with E-state index in [4.69, 9.17) is 5.73 Å². The summed E-state index contributed by atoms with van der Waals surface area (Å²) in [6.45, 7) is 0.484. The molecule has 0 fully saturated rings. The van der Waals surface area contributed by atoms with E-state index in [1.54, 1.807) is 24.7 Å². The van der Waals surface area contributed by atoms with Gasteiger partial charge in [0.1, 0.15) is 11.6 Å². The number of H-pyrrole nitrogens is 1. The van der Waals surface area contributed by atoms with Gasteiger partial charge in [0, 0.05) is 36.0 Å². The summed E-state index contributed by atoms with van der Waals surface area (Å²) < 4.78 is 0.716. The number of carbonyl (C=O) groups excluding carboxylic acids is 1. The smallest absolute Gasteiger partial charge is 0.255 e. The van der Waals surface area contributed by atoms with Crippen molar-refractivity contribution in [2.24, 2.45) is 0 Å². The predicted molar refractivity (Wildman–Crippen MR) is 71.0 cm³/mol. The fourth-order valence-corrected chi connectivity index (χ4v) is 1.79. The number of nitrogen functional groups attached to an aromatic ring is 1. The number of aromatic nitrogens is 3. The zero-order valence-corrected chi connectivity index (χ0v) is 11.1. The summed E-state index contributed by atoms with van der Waals surface area (Å²) in [5, 5.41) is 2.77. The van der Waals surface area contributed by atoms with Crippen molar-refractivity contribution in [3.05, 3.63) is 40.5 Å². The van der Waals surface area contributed by atoms with Crippen LogP contribution < -0.4 is 11.1 Å². The molecule has 0 unspecified atom stereocenters. The lowest BCUT2D eigenvalue weighted by Crippen LogP contribution is -2.27. The van der Waals surface area contributed by atoms with E-state index in [0.717, 1.165) is 5.82 Å². The lowest BCUT2D eigenvalue weighted by molar-refractivity contribution is 0.0954. The molecule has 2 aromatic rings. The quantitative estimate of drug-likeness (QED) is 0.788. The molecule has 0 radical (unpaired) electrons. The van der Waals surface area contributed by atoms with Crippen LogP contribution in [0, 0.1) is 0 Å². The van der Waals surface area contributed by atoms with Crippen LogP contribution in [0.15, 0.2) is 29.1 Å². The van der Waals surface area contributed by atoms with Gasteiger partial charge in [0.2, 0.25) is 0 Å². The summed E-state index contributed by atoms with van der Waals surface area (Å²) in [6.07, 6.45) is 5.61. The maximum Gasteiger partial charge on any atom is 0.255 e. The number of hydrogen-bond donors (Lipinski definition) is 3. The first-order valence-corrected chi connectivity index (χ1v) is 6.13.